The van der Waals surface area contributed by atoms with Gasteiger partial charge in [0, 0.05) is 17.6 Å². The van der Waals surface area contributed by atoms with Gasteiger partial charge in [-0.1, -0.05) is 60.7 Å². The molecular formula is C25H24N4O. The molecular weight excluding hydrogens is 372 g/mol. The van der Waals surface area contributed by atoms with Crippen LogP contribution in [-0.4, -0.2) is 29.2 Å². The molecule has 4 aromatic rings. The summed E-state index contributed by atoms with van der Waals surface area (Å²) in [5, 5.41) is 12.6. The fourth-order valence-corrected chi connectivity index (χ4v) is 4.48. The number of aromatic nitrogens is 2. The number of hydrogen-bond donors (Lipinski definition) is 2. The van der Waals surface area contributed by atoms with Crippen LogP contribution >= 0.6 is 0 Å². The highest BCUT2D eigenvalue weighted by molar-refractivity contribution is 5.97. The fraction of sp³-hybridized carbons (Fsp3) is 0.200. The minimum absolute atomic E-state index is 0.0114. The number of aromatic amines is 1. The summed E-state index contributed by atoms with van der Waals surface area (Å²) in [6, 6.07) is 25.0. The lowest BCUT2D eigenvalue weighted by Crippen LogP contribution is -2.28. The summed E-state index contributed by atoms with van der Waals surface area (Å²) in [5.41, 5.74) is 5.35. The molecule has 2 heterocycles. The molecule has 0 bridgehead atoms. The molecule has 5 heteroatoms. The maximum Gasteiger partial charge on any atom is 0.272 e. The summed E-state index contributed by atoms with van der Waals surface area (Å²) in [6.07, 6.45) is 0. The smallest absolute Gasteiger partial charge is 0.272 e. The number of H-pyrrole nitrogens is 1. The molecule has 1 aliphatic rings. The minimum atomic E-state index is -0.157. The monoisotopic (exact) mass is 396 g/mol. The van der Waals surface area contributed by atoms with Crippen molar-refractivity contribution in [3.05, 3.63) is 106 Å². The quantitative estimate of drug-likeness (QED) is 0.540. The maximum atomic E-state index is 12.4. The summed E-state index contributed by atoms with van der Waals surface area (Å²) in [7, 11) is 4.15. The zero-order valence-corrected chi connectivity index (χ0v) is 17.1. The highest BCUT2D eigenvalue weighted by Crippen LogP contribution is 2.46. The van der Waals surface area contributed by atoms with E-state index in [9.17, 15) is 4.79 Å². The van der Waals surface area contributed by atoms with Crippen LogP contribution < -0.4 is 10.9 Å². The predicted molar refractivity (Wildman–Crippen MR) is 121 cm³/mol. The van der Waals surface area contributed by atoms with Gasteiger partial charge < -0.3 is 10.2 Å². The molecule has 1 aromatic heterocycles. The Bertz CT molecular complexity index is 1250. The van der Waals surface area contributed by atoms with Crippen LogP contribution in [0.5, 0.6) is 0 Å². The van der Waals surface area contributed by atoms with Crippen molar-refractivity contribution in [3.8, 4) is 0 Å². The molecule has 0 saturated heterocycles. The van der Waals surface area contributed by atoms with Crippen molar-refractivity contribution in [2.75, 3.05) is 19.4 Å². The van der Waals surface area contributed by atoms with E-state index in [4.69, 9.17) is 0 Å². The molecule has 0 saturated carbocycles. The Balaban J connectivity index is 1.68. The van der Waals surface area contributed by atoms with Crippen molar-refractivity contribution >= 4 is 16.5 Å². The SMILES string of the molecule is CN(C)Cc1ccc(C2Nc3cccc4c(=O)[nH]nc(c34)C2c2ccccc2)cc1. The van der Waals surface area contributed by atoms with Crippen molar-refractivity contribution in [3.63, 3.8) is 0 Å². The number of nitrogens with zero attached hydrogens (tertiary/aromatic N) is 2. The third-order valence-corrected chi connectivity index (χ3v) is 5.78. The molecule has 30 heavy (non-hydrogen) atoms. The fourth-order valence-electron chi connectivity index (χ4n) is 4.48. The molecule has 2 N–H and O–H groups in total. The van der Waals surface area contributed by atoms with E-state index in [1.807, 2.05) is 24.3 Å². The largest absolute Gasteiger partial charge is 0.377 e. The van der Waals surface area contributed by atoms with E-state index < -0.39 is 0 Å². The second-order valence-corrected chi connectivity index (χ2v) is 8.16. The molecule has 0 radical (unpaired) electrons. The number of benzene rings is 3. The Kier molecular flexibility index (Phi) is 4.60. The Morgan fingerprint density at radius 3 is 2.40 bits per heavy atom. The van der Waals surface area contributed by atoms with E-state index in [-0.39, 0.29) is 17.5 Å². The molecule has 5 rings (SSSR count). The lowest BCUT2D eigenvalue weighted by molar-refractivity contribution is 0.402. The van der Waals surface area contributed by atoms with Gasteiger partial charge in [-0.05, 0) is 42.9 Å². The van der Waals surface area contributed by atoms with E-state index in [1.165, 1.54) is 16.7 Å². The lowest BCUT2D eigenvalue weighted by Gasteiger charge is -2.34. The van der Waals surface area contributed by atoms with E-state index in [0.29, 0.717) is 5.39 Å². The Labute approximate surface area is 175 Å². The highest BCUT2D eigenvalue weighted by atomic mass is 16.1. The van der Waals surface area contributed by atoms with Crippen molar-refractivity contribution in [1.29, 1.82) is 0 Å². The third kappa shape index (κ3) is 3.17. The van der Waals surface area contributed by atoms with Crippen LogP contribution in [0.15, 0.2) is 77.6 Å². The Morgan fingerprint density at radius 2 is 1.67 bits per heavy atom. The van der Waals surface area contributed by atoms with Crippen molar-refractivity contribution in [2.24, 2.45) is 0 Å². The van der Waals surface area contributed by atoms with Crippen LogP contribution in [0.25, 0.3) is 10.8 Å². The average Bonchev–Trinajstić information content (AvgIpc) is 2.76. The molecule has 150 valence electrons. The molecule has 2 atom stereocenters. The maximum absolute atomic E-state index is 12.4. The predicted octanol–water partition coefficient (Wildman–Crippen LogP) is 4.28. The van der Waals surface area contributed by atoms with Crippen LogP contribution in [0.2, 0.25) is 0 Å². The summed E-state index contributed by atoms with van der Waals surface area (Å²) in [5.74, 6) is -0.0138. The summed E-state index contributed by atoms with van der Waals surface area (Å²) in [6.45, 7) is 0.908. The zero-order chi connectivity index (χ0) is 20.7. The van der Waals surface area contributed by atoms with Gasteiger partial charge in [-0.2, -0.15) is 5.10 Å². The van der Waals surface area contributed by atoms with Gasteiger partial charge in [0.15, 0.2) is 0 Å². The lowest BCUT2D eigenvalue weighted by atomic mass is 9.80. The third-order valence-electron chi connectivity index (χ3n) is 5.78. The van der Waals surface area contributed by atoms with Gasteiger partial charge in [0.2, 0.25) is 0 Å². The van der Waals surface area contributed by atoms with Crippen molar-refractivity contribution in [2.45, 2.75) is 18.5 Å². The van der Waals surface area contributed by atoms with Gasteiger partial charge in [-0.3, -0.25) is 4.79 Å². The summed E-state index contributed by atoms with van der Waals surface area (Å²) < 4.78 is 0. The number of rotatable bonds is 4. The second kappa shape index (κ2) is 7.43. The molecule has 0 amide bonds. The van der Waals surface area contributed by atoms with Crippen molar-refractivity contribution < 1.29 is 0 Å². The first-order chi connectivity index (χ1) is 14.6. The van der Waals surface area contributed by atoms with Gasteiger partial charge in [-0.15, -0.1) is 0 Å². The Morgan fingerprint density at radius 1 is 0.900 bits per heavy atom. The summed E-state index contributed by atoms with van der Waals surface area (Å²) >= 11 is 0. The van der Waals surface area contributed by atoms with Gasteiger partial charge in [0.1, 0.15) is 0 Å². The first kappa shape index (κ1) is 18.6. The normalized spacial score (nSPS) is 17.8. The van der Waals surface area contributed by atoms with E-state index >= 15 is 0 Å². The van der Waals surface area contributed by atoms with Crippen molar-refractivity contribution in [1.82, 2.24) is 15.1 Å². The van der Waals surface area contributed by atoms with Crippen LogP contribution in [0.3, 0.4) is 0 Å². The van der Waals surface area contributed by atoms with Crippen LogP contribution in [0.4, 0.5) is 5.69 Å². The highest BCUT2D eigenvalue weighted by Gasteiger charge is 2.34. The number of nitrogens with one attached hydrogen (secondary N) is 2. The molecule has 0 aliphatic carbocycles. The standard InChI is InChI=1S/C25H24N4O/c1-29(2)15-16-11-13-18(14-12-16)23-21(17-7-4-3-5-8-17)24-22-19(25(30)28-27-24)9-6-10-20(22)26-23/h3-14,21,23,26H,15H2,1-2H3,(H,28,30). The molecule has 5 nitrogen and oxygen atoms in total. The van der Waals surface area contributed by atoms with E-state index in [0.717, 1.165) is 23.3 Å². The van der Waals surface area contributed by atoms with Crippen LogP contribution in [0.1, 0.15) is 34.3 Å². The first-order valence-corrected chi connectivity index (χ1v) is 10.2. The van der Waals surface area contributed by atoms with E-state index in [1.54, 1.807) is 0 Å². The second-order valence-electron chi connectivity index (χ2n) is 8.16. The Hall–Kier alpha value is -3.44. The number of hydrogen-bond acceptors (Lipinski definition) is 4. The van der Waals surface area contributed by atoms with Crippen LogP contribution in [0, 0.1) is 0 Å². The van der Waals surface area contributed by atoms with Crippen LogP contribution in [-0.2, 0) is 6.54 Å². The summed E-state index contributed by atoms with van der Waals surface area (Å²) in [4.78, 5) is 14.6. The molecule has 3 aromatic carbocycles. The topological polar surface area (TPSA) is 61.0 Å². The number of anilines is 1. The molecule has 0 spiro atoms. The molecule has 1 aliphatic heterocycles. The zero-order valence-electron chi connectivity index (χ0n) is 17.1. The molecule has 2 unspecified atom stereocenters. The van der Waals surface area contributed by atoms with E-state index in [2.05, 4.69) is 83.0 Å². The minimum Gasteiger partial charge on any atom is -0.377 e. The van der Waals surface area contributed by atoms with Gasteiger partial charge >= 0.3 is 0 Å². The average molecular weight is 396 g/mol. The van der Waals surface area contributed by atoms with Gasteiger partial charge in [0.25, 0.3) is 5.56 Å². The van der Waals surface area contributed by atoms with Gasteiger partial charge in [-0.25, -0.2) is 5.10 Å². The first-order valence-electron chi connectivity index (χ1n) is 10.2. The molecule has 0 fully saturated rings. The van der Waals surface area contributed by atoms with Gasteiger partial charge in [0.05, 0.1) is 23.0 Å².